The first kappa shape index (κ1) is 14.8. The third-order valence-corrected chi connectivity index (χ3v) is 3.14. The molecule has 0 fully saturated rings. The van der Waals surface area contributed by atoms with E-state index in [-0.39, 0.29) is 0 Å². The average molecular weight is 274 g/mol. The summed E-state index contributed by atoms with van der Waals surface area (Å²) in [7, 11) is 0. The SMILES string of the molecule is C=CC(O)/C(=C\C#Cc1ccccc1)c1ccc(C)cc1. The van der Waals surface area contributed by atoms with Crippen LogP contribution in [-0.4, -0.2) is 11.2 Å². The summed E-state index contributed by atoms with van der Waals surface area (Å²) in [5.74, 6) is 6.07. The zero-order valence-corrected chi connectivity index (χ0v) is 12.1. The fourth-order valence-corrected chi connectivity index (χ4v) is 1.93. The molecule has 0 aliphatic heterocycles. The lowest BCUT2D eigenvalue weighted by molar-refractivity contribution is 0.281. The molecule has 2 aromatic carbocycles. The average Bonchev–Trinajstić information content (AvgIpc) is 2.53. The fraction of sp³-hybridized carbons (Fsp3) is 0.100. The van der Waals surface area contributed by atoms with Crippen LogP contribution in [0.25, 0.3) is 5.57 Å². The largest absolute Gasteiger partial charge is 0.384 e. The molecule has 1 nitrogen and oxygen atoms in total. The molecule has 0 saturated heterocycles. The Morgan fingerprint density at radius 2 is 1.76 bits per heavy atom. The topological polar surface area (TPSA) is 20.2 Å². The summed E-state index contributed by atoms with van der Waals surface area (Å²) in [5, 5.41) is 10.1. The second kappa shape index (κ2) is 7.28. The molecule has 1 atom stereocenters. The van der Waals surface area contributed by atoms with Crippen LogP contribution in [0.3, 0.4) is 0 Å². The first-order chi connectivity index (χ1) is 10.2. The van der Waals surface area contributed by atoms with Crippen molar-refractivity contribution in [1.82, 2.24) is 0 Å². The maximum Gasteiger partial charge on any atom is 0.0981 e. The van der Waals surface area contributed by atoms with Crippen molar-refractivity contribution in [3.63, 3.8) is 0 Å². The van der Waals surface area contributed by atoms with Gasteiger partial charge in [-0.15, -0.1) is 6.58 Å². The lowest BCUT2D eigenvalue weighted by Gasteiger charge is -2.10. The van der Waals surface area contributed by atoms with Gasteiger partial charge in [-0.25, -0.2) is 0 Å². The molecule has 104 valence electrons. The predicted molar refractivity (Wildman–Crippen MR) is 88.7 cm³/mol. The molecule has 1 heteroatoms. The molecule has 0 aliphatic carbocycles. The number of aliphatic hydroxyl groups excluding tert-OH is 1. The van der Waals surface area contributed by atoms with Gasteiger partial charge >= 0.3 is 0 Å². The molecule has 0 saturated carbocycles. The maximum atomic E-state index is 10.1. The Labute approximate surface area is 126 Å². The molecule has 1 unspecified atom stereocenters. The van der Waals surface area contributed by atoms with Crippen LogP contribution in [0.5, 0.6) is 0 Å². The van der Waals surface area contributed by atoms with Crippen LogP contribution in [-0.2, 0) is 0 Å². The highest BCUT2D eigenvalue weighted by atomic mass is 16.3. The lowest BCUT2D eigenvalue weighted by atomic mass is 9.99. The number of aliphatic hydroxyl groups is 1. The molecule has 0 heterocycles. The van der Waals surface area contributed by atoms with Crippen molar-refractivity contribution in [1.29, 1.82) is 0 Å². The Hall–Kier alpha value is -2.56. The Kier molecular flexibility index (Phi) is 5.15. The minimum atomic E-state index is -0.724. The van der Waals surface area contributed by atoms with Gasteiger partial charge in [0.15, 0.2) is 0 Å². The Bertz CT molecular complexity index is 682. The molecule has 0 amide bonds. The number of hydrogen-bond acceptors (Lipinski definition) is 1. The Morgan fingerprint density at radius 3 is 2.38 bits per heavy atom. The van der Waals surface area contributed by atoms with E-state index in [1.54, 1.807) is 6.08 Å². The van der Waals surface area contributed by atoms with Crippen molar-refractivity contribution >= 4 is 5.57 Å². The number of benzene rings is 2. The van der Waals surface area contributed by atoms with Gasteiger partial charge in [-0.05, 0) is 36.3 Å². The molecular formula is C20H18O. The van der Waals surface area contributed by atoms with Crippen LogP contribution >= 0.6 is 0 Å². The van der Waals surface area contributed by atoms with E-state index < -0.39 is 6.10 Å². The molecule has 0 bridgehead atoms. The molecular weight excluding hydrogens is 256 g/mol. The Balaban J connectivity index is 2.33. The van der Waals surface area contributed by atoms with Gasteiger partial charge in [0.2, 0.25) is 0 Å². The van der Waals surface area contributed by atoms with Gasteiger partial charge < -0.3 is 5.11 Å². The van der Waals surface area contributed by atoms with Gasteiger partial charge in [-0.3, -0.25) is 0 Å². The van der Waals surface area contributed by atoms with Gasteiger partial charge in [0.1, 0.15) is 0 Å². The van der Waals surface area contributed by atoms with E-state index in [1.165, 1.54) is 11.6 Å². The van der Waals surface area contributed by atoms with E-state index in [9.17, 15) is 5.11 Å². The van der Waals surface area contributed by atoms with E-state index >= 15 is 0 Å². The standard InChI is InChI=1S/C20H18O/c1-3-20(21)19(18-14-12-16(2)13-15-18)11-7-10-17-8-5-4-6-9-17/h3-6,8-9,11-15,20-21H,1H2,2H3/b19-11-. The Morgan fingerprint density at radius 1 is 1.10 bits per heavy atom. The van der Waals surface area contributed by atoms with Crippen LogP contribution in [0.1, 0.15) is 16.7 Å². The van der Waals surface area contributed by atoms with E-state index in [0.717, 1.165) is 16.7 Å². The predicted octanol–water partition coefficient (Wildman–Crippen LogP) is 3.98. The first-order valence-corrected chi connectivity index (χ1v) is 6.85. The monoisotopic (exact) mass is 274 g/mol. The summed E-state index contributed by atoms with van der Waals surface area (Å²) in [4.78, 5) is 0. The van der Waals surface area contributed by atoms with Gasteiger partial charge in [0.05, 0.1) is 6.10 Å². The molecule has 0 spiro atoms. The van der Waals surface area contributed by atoms with E-state index in [0.29, 0.717) is 0 Å². The van der Waals surface area contributed by atoms with Crippen molar-refractivity contribution < 1.29 is 5.11 Å². The van der Waals surface area contributed by atoms with Crippen molar-refractivity contribution in [3.8, 4) is 11.8 Å². The van der Waals surface area contributed by atoms with E-state index in [1.807, 2.05) is 61.5 Å². The summed E-state index contributed by atoms with van der Waals surface area (Å²) in [5.41, 5.74) is 3.84. The third-order valence-electron chi connectivity index (χ3n) is 3.14. The summed E-state index contributed by atoms with van der Waals surface area (Å²) in [6.07, 6.45) is 2.54. The number of allylic oxidation sites excluding steroid dienone is 1. The lowest BCUT2D eigenvalue weighted by Crippen LogP contribution is -2.05. The van der Waals surface area contributed by atoms with Crippen molar-refractivity contribution in [2.75, 3.05) is 0 Å². The second-order valence-corrected chi connectivity index (χ2v) is 4.78. The van der Waals surface area contributed by atoms with Gasteiger partial charge in [-0.2, -0.15) is 0 Å². The van der Waals surface area contributed by atoms with Crippen molar-refractivity contribution in [3.05, 3.63) is 90.0 Å². The highest BCUT2D eigenvalue weighted by molar-refractivity contribution is 5.72. The zero-order valence-electron chi connectivity index (χ0n) is 12.1. The minimum Gasteiger partial charge on any atom is -0.384 e. The number of hydrogen-bond donors (Lipinski definition) is 1. The van der Waals surface area contributed by atoms with Crippen molar-refractivity contribution in [2.45, 2.75) is 13.0 Å². The van der Waals surface area contributed by atoms with E-state index in [2.05, 4.69) is 18.4 Å². The van der Waals surface area contributed by atoms with Crippen LogP contribution in [0.4, 0.5) is 0 Å². The molecule has 1 N–H and O–H groups in total. The summed E-state index contributed by atoms with van der Waals surface area (Å²) < 4.78 is 0. The second-order valence-electron chi connectivity index (χ2n) is 4.78. The molecule has 0 radical (unpaired) electrons. The smallest absolute Gasteiger partial charge is 0.0981 e. The molecule has 0 aliphatic rings. The highest BCUT2D eigenvalue weighted by Crippen LogP contribution is 2.19. The minimum absolute atomic E-state index is 0.724. The molecule has 21 heavy (non-hydrogen) atoms. The molecule has 2 aromatic rings. The van der Waals surface area contributed by atoms with Crippen molar-refractivity contribution in [2.24, 2.45) is 0 Å². The highest BCUT2D eigenvalue weighted by Gasteiger charge is 2.08. The van der Waals surface area contributed by atoms with Gasteiger partial charge in [0, 0.05) is 5.56 Å². The normalized spacial score (nSPS) is 12.2. The van der Waals surface area contributed by atoms with Crippen LogP contribution < -0.4 is 0 Å². The maximum absolute atomic E-state index is 10.1. The van der Waals surface area contributed by atoms with Crippen LogP contribution in [0.15, 0.2) is 73.3 Å². The molecule has 2 rings (SSSR count). The van der Waals surface area contributed by atoms with Crippen LogP contribution in [0.2, 0.25) is 0 Å². The quantitative estimate of drug-likeness (QED) is 0.663. The number of rotatable bonds is 3. The van der Waals surface area contributed by atoms with E-state index in [4.69, 9.17) is 0 Å². The third kappa shape index (κ3) is 4.21. The summed E-state index contributed by atoms with van der Waals surface area (Å²) in [6.45, 7) is 5.69. The summed E-state index contributed by atoms with van der Waals surface area (Å²) >= 11 is 0. The summed E-state index contributed by atoms with van der Waals surface area (Å²) in [6, 6.07) is 17.8. The molecule has 0 aromatic heterocycles. The first-order valence-electron chi connectivity index (χ1n) is 6.85. The fourth-order valence-electron chi connectivity index (χ4n) is 1.93. The van der Waals surface area contributed by atoms with Gasteiger partial charge in [0.25, 0.3) is 0 Å². The van der Waals surface area contributed by atoms with Crippen LogP contribution in [0, 0.1) is 18.8 Å². The zero-order chi connectivity index (χ0) is 15.1. The van der Waals surface area contributed by atoms with Gasteiger partial charge in [-0.1, -0.05) is 65.9 Å². The number of aryl methyl sites for hydroxylation is 1.